The molecule has 0 bridgehead atoms. The van der Waals surface area contributed by atoms with Gasteiger partial charge >= 0.3 is 6.18 Å². The van der Waals surface area contributed by atoms with Gasteiger partial charge in [0.1, 0.15) is 5.71 Å². The molecule has 0 aliphatic heterocycles. The Morgan fingerprint density at radius 3 is 2.40 bits per heavy atom. The Morgan fingerprint density at radius 2 is 2.00 bits per heavy atom. The van der Waals surface area contributed by atoms with Gasteiger partial charge in [-0.15, -0.1) is 5.10 Å². The summed E-state index contributed by atoms with van der Waals surface area (Å²) in [5, 5.41) is 14.8. The van der Waals surface area contributed by atoms with Gasteiger partial charge in [0.15, 0.2) is 0 Å². The van der Waals surface area contributed by atoms with Crippen molar-refractivity contribution in [1.29, 1.82) is 5.41 Å². The Morgan fingerprint density at radius 1 is 1.40 bits per heavy atom. The van der Waals surface area contributed by atoms with Crippen molar-refractivity contribution in [3.05, 3.63) is 29.2 Å². The molecule has 0 aliphatic carbocycles. The van der Waals surface area contributed by atoms with Crippen LogP contribution in [-0.4, -0.2) is 41.1 Å². The van der Waals surface area contributed by atoms with Crippen molar-refractivity contribution in [2.24, 2.45) is 5.73 Å². The van der Waals surface area contributed by atoms with Crippen molar-refractivity contribution in [3.63, 3.8) is 0 Å². The van der Waals surface area contributed by atoms with Gasteiger partial charge in [0.05, 0.1) is 11.4 Å². The van der Waals surface area contributed by atoms with E-state index in [4.69, 9.17) is 11.1 Å². The van der Waals surface area contributed by atoms with Crippen LogP contribution in [-0.2, 0) is 6.54 Å². The molecule has 1 rings (SSSR count). The fourth-order valence-corrected chi connectivity index (χ4v) is 1.56. The third-order valence-corrected chi connectivity index (χ3v) is 2.44. The van der Waals surface area contributed by atoms with Crippen LogP contribution in [0.1, 0.15) is 17.0 Å². The summed E-state index contributed by atoms with van der Waals surface area (Å²) in [5.41, 5.74) is 4.62. The van der Waals surface area contributed by atoms with Crippen molar-refractivity contribution in [2.75, 3.05) is 14.1 Å². The normalized spacial score (nSPS) is 12.4. The Kier molecular flexibility index (Phi) is 4.83. The number of nitrogens with two attached hydrogens (primary N) is 1. The van der Waals surface area contributed by atoms with E-state index in [1.807, 2.05) is 0 Å². The van der Waals surface area contributed by atoms with Crippen LogP contribution in [0.4, 0.5) is 13.2 Å². The number of alkyl halides is 3. The van der Waals surface area contributed by atoms with Crippen molar-refractivity contribution >= 4 is 11.3 Å². The highest BCUT2D eigenvalue weighted by Gasteiger charge is 2.38. The molecule has 0 saturated heterocycles. The molecule has 0 aliphatic rings. The molecular formula is C12H16F3N5. The van der Waals surface area contributed by atoms with Gasteiger partial charge in [-0.05, 0) is 18.6 Å². The Balaban J connectivity index is 3.37. The van der Waals surface area contributed by atoms with E-state index in [0.29, 0.717) is 11.3 Å². The Hall–Kier alpha value is -1.96. The van der Waals surface area contributed by atoms with Gasteiger partial charge in [0, 0.05) is 32.4 Å². The molecule has 1 heterocycles. The standard InChI is InChI=1S/C12H16F3N5/c1-7-4-8(5-16)18-19-10(7)9(6-20(2)3)11(17)12(13,14)15/h4,6,17H,5,16H2,1-3H3/b9-6-,17-11?. The van der Waals surface area contributed by atoms with Crippen molar-refractivity contribution < 1.29 is 13.2 Å². The molecule has 0 fully saturated rings. The van der Waals surface area contributed by atoms with Crippen LogP contribution >= 0.6 is 0 Å². The van der Waals surface area contributed by atoms with Gasteiger partial charge < -0.3 is 10.6 Å². The predicted octanol–water partition coefficient (Wildman–Crippen LogP) is 1.73. The topological polar surface area (TPSA) is 78.9 Å². The molecule has 1 aromatic heterocycles. The van der Waals surface area contributed by atoms with E-state index in [1.54, 1.807) is 27.1 Å². The van der Waals surface area contributed by atoms with Gasteiger partial charge in [-0.2, -0.15) is 18.3 Å². The van der Waals surface area contributed by atoms with Crippen LogP contribution in [0, 0.1) is 12.3 Å². The van der Waals surface area contributed by atoms with Crippen LogP contribution in [0.3, 0.4) is 0 Å². The van der Waals surface area contributed by atoms with Gasteiger partial charge in [0.2, 0.25) is 0 Å². The molecule has 0 atom stereocenters. The number of aryl methyl sites for hydroxylation is 1. The van der Waals surface area contributed by atoms with Gasteiger partial charge in [-0.3, -0.25) is 5.41 Å². The molecule has 5 nitrogen and oxygen atoms in total. The third-order valence-electron chi connectivity index (χ3n) is 2.44. The first-order valence-electron chi connectivity index (χ1n) is 5.74. The zero-order chi connectivity index (χ0) is 15.5. The Bertz CT molecular complexity index is 534. The number of rotatable bonds is 4. The molecule has 0 saturated carbocycles. The zero-order valence-corrected chi connectivity index (χ0v) is 11.4. The van der Waals surface area contributed by atoms with Crippen LogP contribution in [0.5, 0.6) is 0 Å². The van der Waals surface area contributed by atoms with Gasteiger partial charge in [-0.1, -0.05) is 0 Å². The van der Waals surface area contributed by atoms with Crippen molar-refractivity contribution in [2.45, 2.75) is 19.6 Å². The average Bonchev–Trinajstić information content (AvgIpc) is 2.34. The highest BCUT2D eigenvalue weighted by Crippen LogP contribution is 2.27. The van der Waals surface area contributed by atoms with Gasteiger partial charge in [0.25, 0.3) is 0 Å². The summed E-state index contributed by atoms with van der Waals surface area (Å²) in [6.07, 6.45) is -3.54. The fraction of sp³-hybridized carbons (Fsp3) is 0.417. The highest BCUT2D eigenvalue weighted by molar-refractivity contribution is 6.24. The molecule has 0 spiro atoms. The van der Waals surface area contributed by atoms with Crippen LogP contribution in [0.25, 0.3) is 5.57 Å². The summed E-state index contributed by atoms with van der Waals surface area (Å²) in [6.45, 7) is 1.76. The first kappa shape index (κ1) is 16.1. The minimum atomic E-state index is -4.75. The van der Waals surface area contributed by atoms with E-state index >= 15 is 0 Å². The van der Waals surface area contributed by atoms with Gasteiger partial charge in [-0.25, -0.2) is 0 Å². The van der Waals surface area contributed by atoms with Crippen molar-refractivity contribution in [1.82, 2.24) is 15.1 Å². The number of halogens is 3. The fourth-order valence-electron chi connectivity index (χ4n) is 1.56. The van der Waals surface area contributed by atoms with Crippen molar-refractivity contribution in [3.8, 4) is 0 Å². The number of hydrogen-bond acceptors (Lipinski definition) is 5. The average molecular weight is 287 g/mol. The number of aromatic nitrogens is 2. The lowest BCUT2D eigenvalue weighted by Crippen LogP contribution is -2.25. The summed E-state index contributed by atoms with van der Waals surface area (Å²) in [4.78, 5) is 1.42. The van der Waals surface area contributed by atoms with Crippen LogP contribution in [0.15, 0.2) is 12.3 Å². The first-order chi connectivity index (χ1) is 9.16. The zero-order valence-electron chi connectivity index (χ0n) is 11.4. The second-order valence-electron chi connectivity index (χ2n) is 4.45. The van der Waals surface area contributed by atoms with Crippen LogP contribution in [0.2, 0.25) is 0 Å². The molecule has 0 aromatic carbocycles. The molecule has 8 heteroatoms. The minimum absolute atomic E-state index is 0.0261. The molecule has 0 unspecified atom stereocenters. The summed E-state index contributed by atoms with van der Waals surface area (Å²) in [6, 6.07) is 1.56. The number of nitrogens with zero attached hydrogens (tertiary/aromatic N) is 3. The minimum Gasteiger partial charge on any atom is -0.383 e. The van der Waals surface area contributed by atoms with E-state index in [9.17, 15) is 13.2 Å². The largest absolute Gasteiger partial charge is 0.433 e. The molecule has 110 valence electrons. The quantitative estimate of drug-likeness (QED) is 0.827. The first-order valence-corrected chi connectivity index (χ1v) is 5.74. The number of nitrogens with one attached hydrogen (secondary N) is 1. The molecule has 20 heavy (non-hydrogen) atoms. The molecule has 0 radical (unpaired) electrons. The summed E-state index contributed by atoms with van der Waals surface area (Å²) in [5.74, 6) is 0. The summed E-state index contributed by atoms with van der Waals surface area (Å²) >= 11 is 0. The maximum Gasteiger partial charge on any atom is 0.433 e. The monoisotopic (exact) mass is 287 g/mol. The van der Waals surface area contributed by atoms with E-state index < -0.39 is 11.9 Å². The maximum atomic E-state index is 12.8. The van der Waals surface area contributed by atoms with E-state index in [1.165, 1.54) is 11.1 Å². The number of hydrogen-bond donors (Lipinski definition) is 2. The predicted molar refractivity (Wildman–Crippen MR) is 70.1 cm³/mol. The maximum absolute atomic E-state index is 12.8. The smallest absolute Gasteiger partial charge is 0.383 e. The van der Waals surface area contributed by atoms with E-state index in [0.717, 1.165) is 0 Å². The molecule has 1 aromatic rings. The molecular weight excluding hydrogens is 271 g/mol. The summed E-state index contributed by atoms with van der Waals surface area (Å²) in [7, 11) is 3.14. The Labute approximate surface area is 114 Å². The lowest BCUT2D eigenvalue weighted by atomic mass is 10.0. The summed E-state index contributed by atoms with van der Waals surface area (Å²) < 4.78 is 38.3. The second-order valence-corrected chi connectivity index (χ2v) is 4.45. The number of allylic oxidation sites excluding steroid dienone is 1. The van der Waals surface area contributed by atoms with E-state index in [2.05, 4.69) is 10.2 Å². The highest BCUT2D eigenvalue weighted by atomic mass is 19.4. The SMILES string of the molecule is Cc1cc(CN)nnc1/C(=C/N(C)C)C(=N)C(F)(F)F. The molecule has 0 amide bonds. The molecule has 3 N–H and O–H groups in total. The lowest BCUT2D eigenvalue weighted by molar-refractivity contribution is -0.0578. The lowest BCUT2D eigenvalue weighted by Gasteiger charge is -2.16. The van der Waals surface area contributed by atoms with Crippen LogP contribution < -0.4 is 5.73 Å². The second kappa shape index (κ2) is 6.00. The van der Waals surface area contributed by atoms with E-state index in [-0.39, 0.29) is 17.8 Å². The third kappa shape index (κ3) is 3.77.